The molecule has 0 aliphatic heterocycles. The van der Waals surface area contributed by atoms with Gasteiger partial charge in [-0.25, -0.2) is 0 Å². The molecule has 7 heteroatoms. The van der Waals surface area contributed by atoms with Crippen LogP contribution in [0.3, 0.4) is 0 Å². The monoisotopic (exact) mass is 381 g/mol. The summed E-state index contributed by atoms with van der Waals surface area (Å²) < 4.78 is 17.5. The maximum atomic E-state index is 12.8. The Bertz CT molecular complexity index is 1100. The Balaban J connectivity index is 2.15. The molecule has 0 unspecified atom stereocenters. The third-order valence-corrected chi connectivity index (χ3v) is 4.01. The first kappa shape index (κ1) is 19.2. The molecule has 0 bridgehead atoms. The molecule has 0 saturated heterocycles. The van der Waals surface area contributed by atoms with Crippen molar-refractivity contribution in [1.82, 2.24) is 4.57 Å². The molecule has 2 aromatic carbocycles. The van der Waals surface area contributed by atoms with Crippen molar-refractivity contribution in [2.75, 3.05) is 0 Å². The molecule has 0 atom stereocenters. The summed E-state index contributed by atoms with van der Waals surface area (Å²) in [6.45, 7) is 2.69. The molecule has 0 amide bonds. The molecule has 0 aliphatic carbocycles. The van der Waals surface area contributed by atoms with Crippen molar-refractivity contribution in [3.8, 4) is 17.2 Å². The lowest BCUT2D eigenvalue weighted by Gasteiger charge is -2.16. The van der Waals surface area contributed by atoms with E-state index >= 15 is 0 Å². The number of carbonyl (C=O) groups is 2. The zero-order chi connectivity index (χ0) is 20.3. The third kappa shape index (κ3) is 4.03. The van der Waals surface area contributed by atoms with Gasteiger partial charge in [0.1, 0.15) is 12.4 Å². The summed E-state index contributed by atoms with van der Waals surface area (Å²) >= 11 is 0. The van der Waals surface area contributed by atoms with Gasteiger partial charge in [-0.2, -0.15) is 0 Å². The average Bonchev–Trinajstić information content (AvgIpc) is 2.66. The van der Waals surface area contributed by atoms with E-state index in [0.29, 0.717) is 16.7 Å². The third-order valence-electron chi connectivity index (χ3n) is 4.01. The van der Waals surface area contributed by atoms with Crippen LogP contribution < -0.4 is 19.8 Å². The predicted octanol–water partition coefficient (Wildman–Crippen LogP) is 2.97. The number of fused-ring (bicyclic) bond motifs is 1. The number of esters is 2. The zero-order valence-corrected chi connectivity index (χ0v) is 15.7. The number of hydrogen-bond acceptors (Lipinski definition) is 6. The van der Waals surface area contributed by atoms with E-state index in [1.165, 1.54) is 25.5 Å². The second-order valence-electron chi connectivity index (χ2n) is 6.16. The van der Waals surface area contributed by atoms with Gasteiger partial charge in [-0.3, -0.25) is 14.4 Å². The first-order valence-electron chi connectivity index (χ1n) is 8.57. The highest BCUT2D eigenvalue weighted by atomic mass is 16.6. The SMILES string of the molecule is CC(=O)Oc1ccc2c(OCc3ccccc3)c(OC(C)=O)c(=O)n(C)c2c1. The number of aromatic nitrogens is 1. The highest BCUT2D eigenvalue weighted by molar-refractivity contribution is 5.90. The van der Waals surface area contributed by atoms with Crippen molar-refractivity contribution in [3.63, 3.8) is 0 Å². The van der Waals surface area contributed by atoms with Gasteiger partial charge >= 0.3 is 11.9 Å². The number of benzene rings is 2. The standard InChI is InChI=1S/C21H19NO6/c1-13(23)27-16-9-10-17-18(11-16)22(3)21(25)20(28-14(2)24)19(17)26-12-15-7-5-4-6-8-15/h4-11H,12H2,1-3H3. The van der Waals surface area contributed by atoms with Crippen LogP contribution in [-0.4, -0.2) is 16.5 Å². The first-order chi connectivity index (χ1) is 13.4. The second kappa shape index (κ2) is 7.96. The number of pyridine rings is 1. The Morgan fingerprint density at radius 1 is 0.929 bits per heavy atom. The molecular weight excluding hydrogens is 362 g/mol. The van der Waals surface area contributed by atoms with Crippen LogP contribution >= 0.6 is 0 Å². The molecule has 3 rings (SSSR count). The lowest BCUT2D eigenvalue weighted by Crippen LogP contribution is -2.22. The minimum atomic E-state index is -0.627. The van der Waals surface area contributed by atoms with E-state index in [2.05, 4.69) is 0 Å². The Labute approximate surface area is 161 Å². The molecule has 0 spiro atoms. The van der Waals surface area contributed by atoms with Gasteiger partial charge in [-0.05, 0) is 17.7 Å². The molecular formula is C21H19NO6. The van der Waals surface area contributed by atoms with Gasteiger partial charge in [0.05, 0.1) is 5.52 Å². The van der Waals surface area contributed by atoms with Crippen molar-refractivity contribution in [2.45, 2.75) is 20.5 Å². The van der Waals surface area contributed by atoms with Crippen LogP contribution in [0.4, 0.5) is 0 Å². The Morgan fingerprint density at radius 2 is 1.61 bits per heavy atom. The van der Waals surface area contributed by atoms with E-state index in [0.717, 1.165) is 5.56 Å². The van der Waals surface area contributed by atoms with Crippen molar-refractivity contribution in [1.29, 1.82) is 0 Å². The molecule has 0 fully saturated rings. The maximum Gasteiger partial charge on any atom is 0.308 e. The molecule has 28 heavy (non-hydrogen) atoms. The minimum Gasteiger partial charge on any atom is -0.484 e. The Morgan fingerprint density at radius 3 is 2.25 bits per heavy atom. The summed E-state index contributed by atoms with van der Waals surface area (Å²) in [5, 5.41) is 0.546. The first-order valence-corrected chi connectivity index (χ1v) is 8.57. The van der Waals surface area contributed by atoms with Crippen LogP contribution in [0.2, 0.25) is 0 Å². The van der Waals surface area contributed by atoms with Crippen molar-refractivity contribution >= 4 is 22.8 Å². The molecule has 3 aromatic rings. The summed E-state index contributed by atoms with van der Waals surface area (Å²) in [5.41, 5.74) is 0.829. The number of nitrogens with zero attached hydrogens (tertiary/aromatic N) is 1. The number of ether oxygens (including phenoxy) is 3. The summed E-state index contributed by atoms with van der Waals surface area (Å²) in [6, 6.07) is 14.2. The van der Waals surface area contributed by atoms with Crippen molar-refractivity contribution in [2.24, 2.45) is 7.05 Å². The molecule has 0 N–H and O–H groups in total. The van der Waals surface area contributed by atoms with Gasteiger partial charge in [0.2, 0.25) is 5.75 Å². The minimum absolute atomic E-state index is 0.159. The average molecular weight is 381 g/mol. The quantitative estimate of drug-likeness (QED) is 0.499. The van der Waals surface area contributed by atoms with Crippen LogP contribution in [-0.2, 0) is 23.2 Å². The summed E-state index contributed by atoms with van der Waals surface area (Å²) in [4.78, 5) is 35.5. The van der Waals surface area contributed by atoms with Gasteiger partial charge in [0.15, 0.2) is 5.75 Å². The summed E-state index contributed by atoms with van der Waals surface area (Å²) in [6.07, 6.45) is 0. The fourth-order valence-corrected chi connectivity index (χ4v) is 2.80. The zero-order valence-electron chi connectivity index (χ0n) is 15.7. The highest BCUT2D eigenvalue weighted by Crippen LogP contribution is 2.35. The Hall–Kier alpha value is -3.61. The van der Waals surface area contributed by atoms with E-state index < -0.39 is 17.5 Å². The molecule has 7 nitrogen and oxygen atoms in total. The number of hydrogen-bond donors (Lipinski definition) is 0. The van der Waals surface area contributed by atoms with Gasteiger partial charge in [-0.15, -0.1) is 0 Å². The van der Waals surface area contributed by atoms with Gasteiger partial charge in [0.25, 0.3) is 5.56 Å². The molecule has 0 radical (unpaired) electrons. The van der Waals surface area contributed by atoms with Crippen LogP contribution in [0.25, 0.3) is 10.9 Å². The van der Waals surface area contributed by atoms with Crippen molar-refractivity contribution in [3.05, 3.63) is 64.4 Å². The van der Waals surface area contributed by atoms with Crippen LogP contribution in [0.15, 0.2) is 53.3 Å². The smallest absolute Gasteiger partial charge is 0.308 e. The maximum absolute atomic E-state index is 12.8. The predicted molar refractivity (Wildman–Crippen MR) is 103 cm³/mol. The number of rotatable bonds is 5. The fraction of sp³-hybridized carbons (Fsp3) is 0.190. The fourth-order valence-electron chi connectivity index (χ4n) is 2.80. The largest absolute Gasteiger partial charge is 0.484 e. The second-order valence-corrected chi connectivity index (χ2v) is 6.16. The molecule has 0 aliphatic rings. The van der Waals surface area contributed by atoms with E-state index in [1.807, 2.05) is 30.3 Å². The van der Waals surface area contributed by atoms with Crippen LogP contribution in [0.1, 0.15) is 19.4 Å². The lowest BCUT2D eigenvalue weighted by atomic mass is 10.1. The van der Waals surface area contributed by atoms with Crippen LogP contribution in [0, 0.1) is 0 Å². The summed E-state index contributed by atoms with van der Waals surface area (Å²) in [5.74, 6) is -0.826. The number of aryl methyl sites for hydroxylation is 1. The van der Waals surface area contributed by atoms with E-state index in [-0.39, 0.29) is 18.1 Å². The molecule has 0 saturated carbocycles. The summed E-state index contributed by atoms with van der Waals surface area (Å²) in [7, 11) is 1.54. The normalized spacial score (nSPS) is 10.5. The molecule has 1 aromatic heterocycles. The van der Waals surface area contributed by atoms with Gasteiger partial charge in [-0.1, -0.05) is 30.3 Å². The topological polar surface area (TPSA) is 83.8 Å². The van der Waals surface area contributed by atoms with Gasteiger partial charge < -0.3 is 18.8 Å². The van der Waals surface area contributed by atoms with E-state index in [1.54, 1.807) is 18.2 Å². The van der Waals surface area contributed by atoms with E-state index in [9.17, 15) is 14.4 Å². The Kier molecular flexibility index (Phi) is 5.44. The lowest BCUT2D eigenvalue weighted by molar-refractivity contribution is -0.133. The van der Waals surface area contributed by atoms with Gasteiger partial charge in [0, 0.05) is 32.3 Å². The number of carbonyl (C=O) groups excluding carboxylic acids is 2. The highest BCUT2D eigenvalue weighted by Gasteiger charge is 2.20. The van der Waals surface area contributed by atoms with Crippen LogP contribution in [0.5, 0.6) is 17.2 Å². The van der Waals surface area contributed by atoms with E-state index in [4.69, 9.17) is 14.2 Å². The molecule has 1 heterocycles. The van der Waals surface area contributed by atoms with Crippen molar-refractivity contribution < 1.29 is 23.8 Å². The molecule has 144 valence electrons.